The van der Waals surface area contributed by atoms with Crippen LogP contribution < -0.4 is 15.3 Å². The molecule has 0 aromatic heterocycles. The van der Waals surface area contributed by atoms with E-state index in [0.717, 1.165) is 108 Å². The molecule has 0 spiro atoms. The minimum absolute atomic E-state index is 0. The number of carboxylic acid groups (broad SMARTS) is 4. The van der Waals surface area contributed by atoms with Crippen molar-refractivity contribution in [3.63, 3.8) is 0 Å². The Labute approximate surface area is 487 Å². The van der Waals surface area contributed by atoms with Gasteiger partial charge in [-0.1, -0.05) is 115 Å². The summed E-state index contributed by atoms with van der Waals surface area (Å²) in [5.41, 5.74) is 0. The Morgan fingerprint density at radius 2 is 0.855 bits per heavy atom. The fourth-order valence-electron chi connectivity index (χ4n) is 7.56. The van der Waals surface area contributed by atoms with Gasteiger partial charge in [0.05, 0.1) is 31.0 Å². The molecule has 19 heteroatoms. The van der Waals surface area contributed by atoms with E-state index in [4.69, 9.17) is 9.47 Å². The summed E-state index contributed by atoms with van der Waals surface area (Å²) < 4.78 is 11.5. The molecule has 1 amide bonds. The van der Waals surface area contributed by atoms with Crippen LogP contribution in [-0.2, 0) is 43.0 Å². The SMILES string of the molecule is CCCCCC#CC#CCCCCCCCCC(=O)OCC(CN(C)CCN(C)C(=O)CN(CCN(CCN(CC(=O)[O-])CC(=O)[O-])CC(=O)[O-])CC(=O)O)OC(=O)CCCCCCCCC#CC#CCCCCC.[Gd+3]. The number of unbranched alkanes of at least 4 members (excludes halogenated alkanes) is 18. The Balaban J connectivity index is 0. The van der Waals surface area contributed by atoms with Crippen LogP contribution in [0.15, 0.2) is 0 Å². The molecule has 1 atom stereocenters. The van der Waals surface area contributed by atoms with Gasteiger partial charge in [-0.25, -0.2) is 0 Å². The van der Waals surface area contributed by atoms with Crippen LogP contribution >= 0.6 is 0 Å². The third-order valence-electron chi connectivity index (χ3n) is 11.9. The molecule has 0 aliphatic carbocycles. The van der Waals surface area contributed by atoms with Crippen molar-refractivity contribution in [3.05, 3.63) is 0 Å². The zero-order valence-corrected chi connectivity index (χ0v) is 48.4. The number of nitrogens with zero attached hydrogens (tertiary/aromatic N) is 5. The van der Waals surface area contributed by atoms with Gasteiger partial charge in [0, 0.05) is 111 Å². The van der Waals surface area contributed by atoms with Gasteiger partial charge in [-0.05, 0) is 69.3 Å². The summed E-state index contributed by atoms with van der Waals surface area (Å²) in [6.07, 6.45) is 21.4. The van der Waals surface area contributed by atoms with Gasteiger partial charge >= 0.3 is 57.8 Å². The number of carboxylic acids is 4. The minimum atomic E-state index is -1.54. The molecule has 0 saturated carbocycles. The second-order valence-electron chi connectivity index (χ2n) is 18.9. The van der Waals surface area contributed by atoms with Crippen molar-refractivity contribution in [2.75, 3.05) is 99.2 Å². The van der Waals surface area contributed by atoms with Gasteiger partial charge in [0.1, 0.15) is 12.7 Å². The number of carbonyl (C=O) groups excluding carboxylic acids is 6. The normalized spacial score (nSPS) is 10.9. The van der Waals surface area contributed by atoms with Crippen LogP contribution in [0.5, 0.6) is 0 Å². The van der Waals surface area contributed by atoms with Crippen molar-refractivity contribution in [3.8, 4) is 47.4 Å². The summed E-state index contributed by atoms with van der Waals surface area (Å²) in [5, 5.41) is 43.2. The number of rotatable bonds is 46. The van der Waals surface area contributed by atoms with Crippen LogP contribution in [0.3, 0.4) is 0 Å². The van der Waals surface area contributed by atoms with Crippen LogP contribution in [0.2, 0.25) is 0 Å². The summed E-state index contributed by atoms with van der Waals surface area (Å²) in [4.78, 5) is 91.5. The van der Waals surface area contributed by atoms with E-state index in [1.54, 1.807) is 14.1 Å². The second kappa shape index (κ2) is 51.5. The van der Waals surface area contributed by atoms with Crippen LogP contribution in [-0.4, -0.2) is 177 Å². The van der Waals surface area contributed by atoms with E-state index >= 15 is 0 Å². The van der Waals surface area contributed by atoms with Crippen molar-refractivity contribution in [2.45, 2.75) is 174 Å². The van der Waals surface area contributed by atoms with E-state index in [1.165, 1.54) is 40.4 Å². The smallest absolute Gasteiger partial charge is 0.549 e. The van der Waals surface area contributed by atoms with E-state index in [2.05, 4.69) is 61.2 Å². The molecule has 76 heavy (non-hydrogen) atoms. The fourth-order valence-corrected chi connectivity index (χ4v) is 7.56. The molecule has 0 bridgehead atoms. The number of likely N-dealkylation sites (N-methyl/N-ethyl adjacent to an activating group) is 2. The fraction of sp³-hybridized carbons (Fsp3) is 0.737. The average Bonchev–Trinajstić information content (AvgIpc) is 3.34. The zero-order valence-electron chi connectivity index (χ0n) is 46.2. The van der Waals surface area contributed by atoms with E-state index < -0.39 is 68.0 Å². The van der Waals surface area contributed by atoms with Crippen molar-refractivity contribution in [1.82, 2.24) is 24.5 Å². The van der Waals surface area contributed by atoms with Crippen molar-refractivity contribution >= 4 is 41.7 Å². The Morgan fingerprint density at radius 3 is 1.29 bits per heavy atom. The quantitative estimate of drug-likeness (QED) is 0.0523. The predicted molar refractivity (Wildman–Crippen MR) is 281 cm³/mol. The maximum Gasteiger partial charge on any atom is 3.00 e. The number of ether oxygens (including phenoxy) is 2. The Hall–Kier alpha value is -4.31. The van der Waals surface area contributed by atoms with Gasteiger partial charge in [-0.3, -0.25) is 33.9 Å². The molecule has 0 aromatic carbocycles. The van der Waals surface area contributed by atoms with Crippen molar-refractivity contribution < 1.29 is 103 Å². The number of amides is 1. The van der Waals surface area contributed by atoms with E-state index in [1.807, 2.05) is 4.90 Å². The predicted octanol–water partition coefficient (Wildman–Crippen LogP) is 2.49. The summed E-state index contributed by atoms with van der Waals surface area (Å²) >= 11 is 0. The number of aliphatic carboxylic acids is 4. The third kappa shape index (κ3) is 49.3. The topological polar surface area (TPSA) is 244 Å². The van der Waals surface area contributed by atoms with Gasteiger partial charge in [0.25, 0.3) is 0 Å². The molecule has 1 N–H and O–H groups in total. The van der Waals surface area contributed by atoms with E-state index in [0.29, 0.717) is 19.4 Å². The molecule has 0 saturated heterocycles. The van der Waals surface area contributed by atoms with Gasteiger partial charge in [0.15, 0.2) is 0 Å². The summed E-state index contributed by atoms with van der Waals surface area (Å²) in [6, 6.07) is 0. The Morgan fingerprint density at radius 1 is 0.474 bits per heavy atom. The molecule has 0 rings (SSSR count). The first-order valence-corrected chi connectivity index (χ1v) is 27.2. The largest absolute Gasteiger partial charge is 3.00 e. The molecule has 18 nitrogen and oxygen atoms in total. The summed E-state index contributed by atoms with van der Waals surface area (Å²) in [5.74, 6) is 17.2. The maximum absolute atomic E-state index is 13.3. The molecule has 0 heterocycles. The standard InChI is InChI=1S/C57H91N5O13.Gd/c1-5-7-9-11-13-15-17-19-21-23-25-27-29-31-33-35-56(72)74-49-50(75-57(73)36-34-32-30-28-26-24-22-20-18-16-14-12-10-8-6-2)43-58(3)37-38-59(4)51(63)44-61(46-53(66)67)41-39-60(45-52(64)65)40-42-62(47-54(68)69)48-55(70)71;/h50H,5-12,21-49H2,1-4H3,(H,64,65)(H,66,67)(H,68,69)(H,70,71);/q;+3/p-3. The molecule has 0 aliphatic heterocycles. The molecule has 0 fully saturated rings. The van der Waals surface area contributed by atoms with Crippen LogP contribution in [0.25, 0.3) is 0 Å². The Bertz CT molecular complexity index is 1890. The number of esters is 2. The van der Waals surface area contributed by atoms with E-state index in [-0.39, 0.29) is 111 Å². The molecule has 0 aliphatic rings. The van der Waals surface area contributed by atoms with Gasteiger partial charge in [-0.2, -0.15) is 0 Å². The first kappa shape index (κ1) is 73.8. The van der Waals surface area contributed by atoms with Crippen LogP contribution in [0.4, 0.5) is 0 Å². The minimum Gasteiger partial charge on any atom is -0.549 e. The zero-order chi connectivity index (χ0) is 55.7. The monoisotopic (exact) mass is 1210 g/mol. The molecule has 0 aromatic rings. The molecular weight excluding hydrogens is 1120 g/mol. The van der Waals surface area contributed by atoms with Crippen molar-refractivity contribution in [2.24, 2.45) is 0 Å². The second-order valence-corrected chi connectivity index (χ2v) is 18.9. The van der Waals surface area contributed by atoms with Crippen LogP contribution in [0, 0.1) is 87.3 Å². The van der Waals surface area contributed by atoms with Crippen LogP contribution in [0.1, 0.15) is 168 Å². The van der Waals surface area contributed by atoms with Gasteiger partial charge < -0.3 is 54.1 Å². The average molecular weight is 1210 g/mol. The first-order chi connectivity index (χ1) is 36.1. The summed E-state index contributed by atoms with van der Waals surface area (Å²) in [6.45, 7) is 1.47. The summed E-state index contributed by atoms with van der Waals surface area (Å²) in [7, 11) is 3.32. The third-order valence-corrected chi connectivity index (χ3v) is 11.9. The Kier molecular flexibility index (Phi) is 49.9. The number of carbonyl (C=O) groups is 7. The first-order valence-electron chi connectivity index (χ1n) is 27.2. The van der Waals surface area contributed by atoms with Gasteiger partial charge in [-0.15, -0.1) is 0 Å². The van der Waals surface area contributed by atoms with Gasteiger partial charge in [0.2, 0.25) is 5.91 Å². The molecular formula is C57H88GdN5O13. The number of hydrogen-bond acceptors (Lipinski definition) is 16. The maximum atomic E-state index is 13.3. The molecule has 1 unspecified atom stereocenters. The van der Waals surface area contributed by atoms with E-state index in [9.17, 15) is 54.0 Å². The molecule has 427 valence electrons. The van der Waals surface area contributed by atoms with Crippen molar-refractivity contribution in [1.29, 1.82) is 0 Å². The number of hydrogen-bond donors (Lipinski definition) is 1. The molecule has 1 radical (unpaired) electrons.